The molecule has 5 rings (SSSR count). The lowest BCUT2D eigenvalue weighted by molar-refractivity contribution is -0.384. The first-order valence-electron chi connectivity index (χ1n) is 10.1. The number of rotatable bonds is 5. The molecule has 3 heterocycles. The molecule has 32 heavy (non-hydrogen) atoms. The maximum Gasteiger partial charge on any atom is 0.293 e. The van der Waals surface area contributed by atoms with E-state index in [1.54, 1.807) is 22.7 Å². The van der Waals surface area contributed by atoms with E-state index in [9.17, 15) is 14.9 Å². The number of nitro groups is 1. The summed E-state index contributed by atoms with van der Waals surface area (Å²) in [5.41, 5.74) is 2.02. The molecule has 10 nitrogen and oxygen atoms in total. The number of nitrogens with one attached hydrogen (secondary N) is 1. The molecule has 0 bridgehead atoms. The topological polar surface area (TPSA) is 119 Å². The van der Waals surface area contributed by atoms with Crippen LogP contribution in [0.1, 0.15) is 29.0 Å². The van der Waals surface area contributed by atoms with E-state index in [0.717, 1.165) is 31.5 Å². The minimum Gasteiger partial charge on any atom is -0.366 e. The Labute approximate surface area is 186 Å². The lowest BCUT2D eigenvalue weighted by atomic mass is 10.1. The number of nitro benzene ring substituents is 1. The molecule has 11 heteroatoms. The summed E-state index contributed by atoms with van der Waals surface area (Å²) in [6.07, 6.45) is 2.01. The van der Waals surface area contributed by atoms with E-state index in [2.05, 4.69) is 20.6 Å². The summed E-state index contributed by atoms with van der Waals surface area (Å²) in [6.45, 7) is 3.38. The van der Waals surface area contributed by atoms with E-state index in [4.69, 9.17) is 0 Å². The van der Waals surface area contributed by atoms with Gasteiger partial charge in [-0.05, 0) is 44.0 Å². The van der Waals surface area contributed by atoms with Gasteiger partial charge in [0.25, 0.3) is 11.6 Å². The maximum atomic E-state index is 13.0. The van der Waals surface area contributed by atoms with Crippen molar-refractivity contribution in [1.29, 1.82) is 0 Å². The van der Waals surface area contributed by atoms with Gasteiger partial charge < -0.3 is 10.2 Å². The molecule has 1 fully saturated rings. The van der Waals surface area contributed by atoms with Crippen molar-refractivity contribution >= 4 is 39.3 Å². The zero-order chi connectivity index (χ0) is 22.2. The fourth-order valence-corrected chi connectivity index (χ4v) is 4.76. The van der Waals surface area contributed by atoms with Gasteiger partial charge in [0.15, 0.2) is 5.82 Å². The third-order valence-corrected chi connectivity index (χ3v) is 6.37. The van der Waals surface area contributed by atoms with Crippen LogP contribution in [0.15, 0.2) is 42.5 Å². The molecule has 1 amide bonds. The zero-order valence-electron chi connectivity index (χ0n) is 17.2. The first-order valence-corrected chi connectivity index (χ1v) is 11.0. The first-order chi connectivity index (χ1) is 15.5. The summed E-state index contributed by atoms with van der Waals surface area (Å²) in [5.74, 6) is 0.252. The van der Waals surface area contributed by atoms with Gasteiger partial charge in [-0.25, -0.2) is 0 Å². The van der Waals surface area contributed by atoms with Crippen LogP contribution in [0.3, 0.4) is 0 Å². The molecular weight excluding hydrogens is 430 g/mol. The van der Waals surface area contributed by atoms with E-state index in [-0.39, 0.29) is 11.3 Å². The summed E-state index contributed by atoms with van der Waals surface area (Å²) >= 11 is 1.36. The predicted octanol–water partition coefficient (Wildman–Crippen LogP) is 3.92. The Hall–Kier alpha value is -3.86. The van der Waals surface area contributed by atoms with Crippen LogP contribution in [0.2, 0.25) is 0 Å². The lowest BCUT2D eigenvalue weighted by Gasteiger charge is -2.18. The van der Waals surface area contributed by atoms with Gasteiger partial charge in [-0.2, -0.15) is 9.61 Å². The van der Waals surface area contributed by atoms with Crippen molar-refractivity contribution < 1.29 is 9.72 Å². The van der Waals surface area contributed by atoms with E-state index >= 15 is 0 Å². The Kier molecular flexibility index (Phi) is 5.02. The van der Waals surface area contributed by atoms with E-state index < -0.39 is 10.8 Å². The van der Waals surface area contributed by atoms with Gasteiger partial charge in [0.1, 0.15) is 10.7 Å². The van der Waals surface area contributed by atoms with E-state index in [1.807, 2.05) is 30.0 Å². The number of nitrogens with zero attached hydrogens (tertiary/aromatic N) is 6. The molecule has 0 unspecified atom stereocenters. The van der Waals surface area contributed by atoms with Crippen LogP contribution in [0, 0.1) is 17.0 Å². The first kappa shape index (κ1) is 20.1. The van der Waals surface area contributed by atoms with Gasteiger partial charge in [0.2, 0.25) is 4.96 Å². The smallest absolute Gasteiger partial charge is 0.293 e. The number of benzene rings is 2. The average molecular weight is 449 g/mol. The van der Waals surface area contributed by atoms with Crippen LogP contribution in [-0.4, -0.2) is 43.7 Å². The number of hydrogen-bond acceptors (Lipinski definition) is 8. The molecule has 0 radical (unpaired) electrons. The van der Waals surface area contributed by atoms with Gasteiger partial charge in [-0.15, -0.1) is 10.2 Å². The minimum atomic E-state index is -0.430. The van der Waals surface area contributed by atoms with E-state index in [0.29, 0.717) is 27.2 Å². The average Bonchev–Trinajstić information content (AvgIpc) is 3.53. The van der Waals surface area contributed by atoms with Crippen LogP contribution >= 0.6 is 11.3 Å². The van der Waals surface area contributed by atoms with Crippen LogP contribution in [0.25, 0.3) is 15.5 Å². The lowest BCUT2D eigenvalue weighted by Crippen LogP contribution is -2.20. The quantitative estimate of drug-likeness (QED) is 0.362. The molecular formula is C21H19N7O3S. The Bertz CT molecular complexity index is 1340. The van der Waals surface area contributed by atoms with Crippen molar-refractivity contribution in [2.45, 2.75) is 19.8 Å². The van der Waals surface area contributed by atoms with Crippen LogP contribution in [-0.2, 0) is 0 Å². The summed E-state index contributed by atoms with van der Waals surface area (Å²) < 4.78 is 1.65. The van der Waals surface area contributed by atoms with Gasteiger partial charge in [0.05, 0.1) is 10.6 Å². The van der Waals surface area contributed by atoms with Crippen molar-refractivity contribution in [3.05, 3.63) is 64.0 Å². The third-order valence-electron chi connectivity index (χ3n) is 5.43. The molecule has 2 aromatic heterocycles. The number of anilines is 2. The molecule has 0 atom stereocenters. The fraction of sp³-hybridized carbons (Fsp3) is 0.238. The monoisotopic (exact) mass is 449 g/mol. The summed E-state index contributed by atoms with van der Waals surface area (Å²) in [7, 11) is 0. The van der Waals surface area contributed by atoms with Gasteiger partial charge in [0, 0.05) is 30.3 Å². The minimum absolute atomic E-state index is 0.0584. The fourth-order valence-electron chi connectivity index (χ4n) is 3.83. The molecule has 1 N–H and O–H groups in total. The van der Waals surface area contributed by atoms with Crippen molar-refractivity contribution in [2.24, 2.45) is 0 Å². The highest BCUT2D eigenvalue weighted by Gasteiger charge is 2.24. The predicted molar refractivity (Wildman–Crippen MR) is 121 cm³/mol. The molecule has 0 saturated carbocycles. The third kappa shape index (κ3) is 3.56. The molecule has 1 saturated heterocycles. The van der Waals surface area contributed by atoms with Crippen molar-refractivity contribution in [2.75, 3.05) is 23.3 Å². The summed E-state index contributed by atoms with van der Waals surface area (Å²) in [6, 6.07) is 11.9. The number of aromatic nitrogens is 4. The number of amides is 1. The van der Waals surface area contributed by atoms with Crippen LogP contribution < -0.4 is 10.2 Å². The summed E-state index contributed by atoms with van der Waals surface area (Å²) in [5, 5.41) is 27.8. The highest BCUT2D eigenvalue weighted by Crippen LogP contribution is 2.34. The normalized spacial score (nSPS) is 13.6. The van der Waals surface area contributed by atoms with Gasteiger partial charge >= 0.3 is 0 Å². The van der Waals surface area contributed by atoms with Crippen molar-refractivity contribution in [3.63, 3.8) is 0 Å². The maximum absolute atomic E-state index is 13.0. The second-order valence-electron chi connectivity index (χ2n) is 7.50. The number of para-hydroxylation sites is 1. The number of aryl methyl sites for hydroxylation is 1. The van der Waals surface area contributed by atoms with E-state index in [1.165, 1.54) is 17.4 Å². The standard InChI is InChI=1S/C21H19N7O3S/c1-13-23-24-21-27(13)25-20(32-21)15-6-2-3-7-16(15)22-19(29)14-8-9-17(18(12-14)28(30)31)26-10-4-5-11-26/h2-3,6-9,12H,4-5,10-11H2,1H3,(H,22,29). The Morgan fingerprint density at radius 1 is 1.16 bits per heavy atom. The Morgan fingerprint density at radius 2 is 1.94 bits per heavy atom. The number of fused-ring (bicyclic) bond motifs is 1. The molecule has 2 aromatic carbocycles. The Morgan fingerprint density at radius 3 is 2.69 bits per heavy atom. The number of hydrogen-bond donors (Lipinski definition) is 1. The molecule has 4 aromatic rings. The van der Waals surface area contributed by atoms with Gasteiger partial charge in [-0.1, -0.05) is 23.5 Å². The van der Waals surface area contributed by atoms with Gasteiger partial charge in [-0.3, -0.25) is 14.9 Å². The highest BCUT2D eigenvalue weighted by molar-refractivity contribution is 7.19. The number of carbonyl (C=O) groups excluding carboxylic acids is 1. The highest BCUT2D eigenvalue weighted by atomic mass is 32.1. The van der Waals surface area contributed by atoms with Crippen molar-refractivity contribution in [1.82, 2.24) is 19.8 Å². The SMILES string of the molecule is Cc1nnc2sc(-c3ccccc3NC(=O)c3ccc(N4CCCC4)c([N+](=O)[O-])c3)nn12. The molecule has 0 spiro atoms. The molecule has 162 valence electrons. The largest absolute Gasteiger partial charge is 0.366 e. The number of carbonyl (C=O) groups is 1. The van der Waals surface area contributed by atoms with Crippen LogP contribution in [0.5, 0.6) is 0 Å². The molecule has 1 aliphatic rings. The second-order valence-corrected chi connectivity index (χ2v) is 8.46. The van der Waals surface area contributed by atoms with Crippen molar-refractivity contribution in [3.8, 4) is 10.6 Å². The molecule has 0 aliphatic carbocycles. The Balaban J connectivity index is 1.45. The molecule has 1 aliphatic heterocycles. The van der Waals surface area contributed by atoms with Crippen LogP contribution in [0.4, 0.5) is 17.1 Å². The zero-order valence-corrected chi connectivity index (χ0v) is 18.0. The second kappa shape index (κ2) is 8.00. The summed E-state index contributed by atoms with van der Waals surface area (Å²) in [4.78, 5) is 26.9.